The number of carboxylic acids is 1. The first kappa shape index (κ1) is 38.4. The van der Waals surface area contributed by atoms with Crippen molar-refractivity contribution in [3.05, 3.63) is 0 Å². The van der Waals surface area contributed by atoms with Gasteiger partial charge in [-0.15, -0.1) is 0 Å². The largest absolute Gasteiger partial charge is 0.481 e. The Morgan fingerprint density at radius 3 is 1.41 bits per heavy atom. The predicted octanol–water partition coefficient (Wildman–Crippen LogP) is 10.2. The summed E-state index contributed by atoms with van der Waals surface area (Å²) in [5.74, 6) is -0.469. The van der Waals surface area contributed by atoms with Gasteiger partial charge >= 0.3 is 5.97 Å². The standard InChI is InChI=1S/C35H70O4/c1-8-12-16-17-18-22-26-34(27-32(37)28-36,29(5)23-19-13-9-2)35(33(38)39,30(6)24-20-14-10-3)31(7)25-21-15-11-4/h29-32,36-37H,8-28H2,1-7H3,(H,38,39). The van der Waals surface area contributed by atoms with E-state index in [2.05, 4.69) is 48.5 Å². The Morgan fingerprint density at radius 1 is 0.615 bits per heavy atom. The van der Waals surface area contributed by atoms with Crippen LogP contribution in [0.25, 0.3) is 0 Å². The highest BCUT2D eigenvalue weighted by molar-refractivity contribution is 5.77. The minimum absolute atomic E-state index is 0.0118. The molecular weight excluding hydrogens is 484 g/mol. The fraction of sp³-hybridized carbons (Fsp3) is 0.971. The van der Waals surface area contributed by atoms with Gasteiger partial charge in [0, 0.05) is 0 Å². The molecule has 4 heteroatoms. The van der Waals surface area contributed by atoms with Crippen molar-refractivity contribution in [1.29, 1.82) is 0 Å². The summed E-state index contributed by atoms with van der Waals surface area (Å²) in [4.78, 5) is 14.0. The van der Waals surface area contributed by atoms with Crippen molar-refractivity contribution in [2.24, 2.45) is 28.6 Å². The van der Waals surface area contributed by atoms with Gasteiger partial charge in [0.05, 0.1) is 18.1 Å². The second kappa shape index (κ2) is 22.0. The first-order valence-electron chi connectivity index (χ1n) is 17.2. The van der Waals surface area contributed by atoms with Crippen molar-refractivity contribution in [3.8, 4) is 0 Å². The number of hydrogen-bond acceptors (Lipinski definition) is 3. The molecule has 3 N–H and O–H groups in total. The first-order chi connectivity index (χ1) is 18.7. The minimum Gasteiger partial charge on any atom is -0.481 e. The van der Waals surface area contributed by atoms with E-state index in [4.69, 9.17) is 0 Å². The Morgan fingerprint density at radius 2 is 1.00 bits per heavy atom. The fourth-order valence-electron chi connectivity index (χ4n) is 7.97. The molecule has 0 fully saturated rings. The lowest BCUT2D eigenvalue weighted by Gasteiger charge is -2.58. The number of unbranched alkanes of at least 4 members (excludes halogenated alkanes) is 11. The molecule has 0 aliphatic rings. The molecule has 234 valence electrons. The maximum atomic E-state index is 14.0. The van der Waals surface area contributed by atoms with E-state index in [-0.39, 0.29) is 24.4 Å². The second-order valence-corrected chi connectivity index (χ2v) is 13.1. The average molecular weight is 555 g/mol. The smallest absolute Gasteiger partial charge is 0.310 e. The molecule has 0 aromatic rings. The number of rotatable bonds is 27. The van der Waals surface area contributed by atoms with Gasteiger partial charge in [-0.2, -0.15) is 0 Å². The van der Waals surface area contributed by atoms with Crippen molar-refractivity contribution in [3.63, 3.8) is 0 Å². The number of aliphatic hydroxyl groups excluding tert-OH is 2. The summed E-state index contributed by atoms with van der Waals surface area (Å²) in [5, 5.41) is 32.6. The Labute approximate surface area is 244 Å². The molecule has 0 heterocycles. The lowest BCUT2D eigenvalue weighted by Crippen LogP contribution is -2.60. The van der Waals surface area contributed by atoms with Crippen LogP contribution in [0.15, 0.2) is 0 Å². The van der Waals surface area contributed by atoms with Crippen LogP contribution >= 0.6 is 0 Å². The molecule has 0 radical (unpaired) electrons. The Kier molecular flexibility index (Phi) is 21.7. The van der Waals surface area contributed by atoms with E-state index in [0.717, 1.165) is 96.3 Å². The van der Waals surface area contributed by atoms with Gasteiger partial charge in [-0.1, -0.05) is 151 Å². The van der Waals surface area contributed by atoms with E-state index in [9.17, 15) is 20.1 Å². The molecule has 0 aliphatic carbocycles. The lowest BCUT2D eigenvalue weighted by atomic mass is 9.44. The van der Waals surface area contributed by atoms with Crippen LogP contribution in [0, 0.1) is 28.6 Å². The van der Waals surface area contributed by atoms with E-state index in [1.807, 2.05) is 0 Å². The summed E-state index contributed by atoms with van der Waals surface area (Å²) in [6.45, 7) is 15.3. The van der Waals surface area contributed by atoms with Crippen molar-refractivity contribution in [2.75, 3.05) is 6.61 Å². The Balaban J connectivity index is 6.94. The van der Waals surface area contributed by atoms with Crippen LogP contribution in [-0.4, -0.2) is 34.0 Å². The lowest BCUT2D eigenvalue weighted by molar-refractivity contribution is -0.190. The Bertz CT molecular complexity index is 575. The number of aliphatic hydroxyl groups is 2. The van der Waals surface area contributed by atoms with Crippen molar-refractivity contribution in [2.45, 2.75) is 183 Å². The third-order valence-corrected chi connectivity index (χ3v) is 10.2. The molecule has 0 spiro atoms. The molecule has 4 nitrogen and oxygen atoms in total. The summed E-state index contributed by atoms with van der Waals surface area (Å²) in [7, 11) is 0. The summed E-state index contributed by atoms with van der Waals surface area (Å²) in [6.07, 6.45) is 20.1. The summed E-state index contributed by atoms with van der Waals surface area (Å²) >= 11 is 0. The van der Waals surface area contributed by atoms with Crippen LogP contribution in [0.1, 0.15) is 177 Å². The molecule has 0 saturated heterocycles. The van der Waals surface area contributed by atoms with Gasteiger partial charge in [0.25, 0.3) is 0 Å². The predicted molar refractivity (Wildman–Crippen MR) is 168 cm³/mol. The molecule has 0 aliphatic heterocycles. The third-order valence-electron chi connectivity index (χ3n) is 10.2. The third kappa shape index (κ3) is 11.7. The molecule has 0 saturated carbocycles. The molecule has 5 atom stereocenters. The monoisotopic (exact) mass is 555 g/mol. The maximum absolute atomic E-state index is 14.0. The number of carboxylic acid groups (broad SMARTS) is 1. The molecule has 0 amide bonds. The van der Waals surface area contributed by atoms with Crippen LogP contribution in [-0.2, 0) is 4.79 Å². The van der Waals surface area contributed by atoms with E-state index in [1.165, 1.54) is 25.7 Å². The number of aliphatic carboxylic acids is 1. The summed E-state index contributed by atoms with van der Waals surface area (Å²) in [6, 6.07) is 0. The van der Waals surface area contributed by atoms with E-state index >= 15 is 0 Å². The fourth-order valence-corrected chi connectivity index (χ4v) is 7.97. The topological polar surface area (TPSA) is 77.8 Å². The summed E-state index contributed by atoms with van der Waals surface area (Å²) < 4.78 is 0. The molecule has 0 rings (SSSR count). The van der Waals surface area contributed by atoms with Crippen LogP contribution in [0.5, 0.6) is 0 Å². The highest BCUT2D eigenvalue weighted by atomic mass is 16.4. The van der Waals surface area contributed by atoms with Gasteiger partial charge in [-0.3, -0.25) is 4.79 Å². The second-order valence-electron chi connectivity index (χ2n) is 13.1. The summed E-state index contributed by atoms with van der Waals surface area (Å²) in [5.41, 5.74) is -1.49. The Hall–Kier alpha value is -0.610. The van der Waals surface area contributed by atoms with Crippen molar-refractivity contribution >= 4 is 5.97 Å². The zero-order valence-corrected chi connectivity index (χ0v) is 27.4. The number of hydrogen-bond donors (Lipinski definition) is 3. The molecule has 5 unspecified atom stereocenters. The maximum Gasteiger partial charge on any atom is 0.310 e. The van der Waals surface area contributed by atoms with Crippen molar-refractivity contribution < 1.29 is 20.1 Å². The van der Waals surface area contributed by atoms with Gasteiger partial charge in [0.15, 0.2) is 0 Å². The average Bonchev–Trinajstić information content (AvgIpc) is 2.90. The van der Waals surface area contributed by atoms with Crippen LogP contribution < -0.4 is 0 Å². The quantitative estimate of drug-likeness (QED) is 0.0883. The molecular formula is C35H70O4. The van der Waals surface area contributed by atoms with Gasteiger partial charge in [-0.05, 0) is 48.9 Å². The van der Waals surface area contributed by atoms with E-state index < -0.39 is 22.9 Å². The molecule has 39 heavy (non-hydrogen) atoms. The van der Waals surface area contributed by atoms with Gasteiger partial charge in [-0.25, -0.2) is 0 Å². The van der Waals surface area contributed by atoms with Crippen LogP contribution in [0.4, 0.5) is 0 Å². The normalized spacial score (nSPS) is 18.2. The zero-order valence-electron chi connectivity index (χ0n) is 27.4. The SMILES string of the molecule is CCCCCCCCC(CC(O)CO)(C(C)CCCCC)C(C(=O)O)(C(C)CCCCC)C(C)CCCCC. The van der Waals surface area contributed by atoms with Gasteiger partial charge < -0.3 is 15.3 Å². The zero-order chi connectivity index (χ0) is 29.7. The van der Waals surface area contributed by atoms with Gasteiger partial charge in [0.1, 0.15) is 0 Å². The van der Waals surface area contributed by atoms with E-state index in [0.29, 0.717) is 6.42 Å². The molecule has 0 aromatic carbocycles. The van der Waals surface area contributed by atoms with Crippen molar-refractivity contribution in [1.82, 2.24) is 0 Å². The van der Waals surface area contributed by atoms with Gasteiger partial charge in [0.2, 0.25) is 0 Å². The van der Waals surface area contributed by atoms with E-state index in [1.54, 1.807) is 0 Å². The molecule has 0 bridgehead atoms. The van der Waals surface area contributed by atoms with Crippen LogP contribution in [0.2, 0.25) is 0 Å². The van der Waals surface area contributed by atoms with Crippen LogP contribution in [0.3, 0.4) is 0 Å². The highest BCUT2D eigenvalue weighted by Crippen LogP contribution is 2.62. The first-order valence-corrected chi connectivity index (χ1v) is 17.2. The number of carbonyl (C=O) groups is 1. The molecule has 0 aromatic heterocycles. The minimum atomic E-state index is -0.931. The highest BCUT2D eigenvalue weighted by Gasteiger charge is 2.63.